The van der Waals surface area contributed by atoms with E-state index in [4.69, 9.17) is 11.6 Å². The number of rotatable bonds is 4. The van der Waals surface area contributed by atoms with Crippen molar-refractivity contribution in [2.24, 2.45) is 0 Å². The molecular weight excluding hydrogens is 328 g/mol. The van der Waals surface area contributed by atoms with Crippen molar-refractivity contribution in [1.82, 2.24) is 15.3 Å². The molecule has 1 atom stereocenters. The van der Waals surface area contributed by atoms with E-state index in [1.165, 1.54) is 12.4 Å². The van der Waals surface area contributed by atoms with Gasteiger partial charge in [-0.2, -0.15) is 0 Å². The second-order valence-corrected chi connectivity index (χ2v) is 5.98. The molecule has 0 bridgehead atoms. The molecule has 0 spiro atoms. The molecule has 2 aromatic rings. The van der Waals surface area contributed by atoms with Crippen LogP contribution in [0.2, 0.25) is 5.02 Å². The van der Waals surface area contributed by atoms with E-state index >= 15 is 0 Å². The van der Waals surface area contributed by atoms with E-state index in [1.807, 2.05) is 19.1 Å². The van der Waals surface area contributed by atoms with E-state index in [0.717, 1.165) is 0 Å². The Morgan fingerprint density at radius 3 is 2.71 bits per heavy atom. The van der Waals surface area contributed by atoms with E-state index in [1.54, 1.807) is 17.0 Å². The Kier molecular flexibility index (Phi) is 4.76. The van der Waals surface area contributed by atoms with Gasteiger partial charge >= 0.3 is 0 Å². The zero-order valence-electron chi connectivity index (χ0n) is 13.2. The minimum Gasteiger partial charge on any atom is -0.347 e. The number of para-hydroxylation sites is 1. The predicted octanol–water partition coefficient (Wildman–Crippen LogP) is 2.23. The summed E-state index contributed by atoms with van der Waals surface area (Å²) in [5.74, 6) is 0.343. The molecule has 2 heterocycles. The lowest BCUT2D eigenvalue weighted by Crippen LogP contribution is -2.37. The Labute approximate surface area is 144 Å². The molecule has 0 radical (unpaired) electrons. The Morgan fingerprint density at radius 1 is 1.33 bits per heavy atom. The molecule has 24 heavy (non-hydrogen) atoms. The Hall–Kier alpha value is -2.47. The van der Waals surface area contributed by atoms with Crippen molar-refractivity contribution in [1.29, 1.82) is 0 Å². The van der Waals surface area contributed by atoms with Crippen molar-refractivity contribution in [2.75, 3.05) is 11.4 Å². The molecule has 0 unspecified atom stereocenters. The predicted molar refractivity (Wildman–Crippen MR) is 91.1 cm³/mol. The van der Waals surface area contributed by atoms with Crippen LogP contribution in [0.15, 0.2) is 36.7 Å². The smallest absolute Gasteiger partial charge is 0.254 e. The van der Waals surface area contributed by atoms with E-state index in [2.05, 4.69) is 15.3 Å². The highest BCUT2D eigenvalue weighted by Gasteiger charge is 2.32. The summed E-state index contributed by atoms with van der Waals surface area (Å²) in [5.41, 5.74) is 1.05. The minimum absolute atomic E-state index is 0.0639. The van der Waals surface area contributed by atoms with Gasteiger partial charge < -0.3 is 10.2 Å². The maximum atomic E-state index is 12.3. The summed E-state index contributed by atoms with van der Waals surface area (Å²) in [5, 5.41) is 3.37. The summed E-state index contributed by atoms with van der Waals surface area (Å²) in [6, 6.07) is 6.90. The first kappa shape index (κ1) is 16.4. The average Bonchev–Trinajstić information content (AvgIpc) is 2.95. The lowest BCUT2D eigenvalue weighted by Gasteiger charge is -2.18. The van der Waals surface area contributed by atoms with Gasteiger partial charge in [-0.25, -0.2) is 9.97 Å². The Balaban J connectivity index is 1.67. The monoisotopic (exact) mass is 344 g/mol. The molecule has 2 amide bonds. The molecule has 1 aliphatic heterocycles. The van der Waals surface area contributed by atoms with Gasteiger partial charge in [0.05, 0.1) is 22.3 Å². The number of aryl methyl sites for hydroxylation is 1. The fourth-order valence-electron chi connectivity index (χ4n) is 2.63. The van der Waals surface area contributed by atoms with Crippen LogP contribution in [0.1, 0.15) is 29.5 Å². The third kappa shape index (κ3) is 3.38. The van der Waals surface area contributed by atoms with Crippen LogP contribution >= 0.6 is 11.6 Å². The highest BCUT2D eigenvalue weighted by Crippen LogP contribution is 2.29. The van der Waals surface area contributed by atoms with Crippen molar-refractivity contribution in [3.05, 3.63) is 53.1 Å². The van der Waals surface area contributed by atoms with Crippen molar-refractivity contribution in [2.45, 2.75) is 25.8 Å². The maximum Gasteiger partial charge on any atom is 0.254 e. The molecule has 0 aliphatic carbocycles. The highest BCUT2D eigenvalue weighted by molar-refractivity contribution is 6.33. The maximum absolute atomic E-state index is 12.3. The first-order valence-electron chi connectivity index (χ1n) is 7.75. The molecule has 6 nitrogen and oxygen atoms in total. The van der Waals surface area contributed by atoms with E-state index in [0.29, 0.717) is 35.1 Å². The van der Waals surface area contributed by atoms with Crippen molar-refractivity contribution >= 4 is 29.1 Å². The molecule has 3 rings (SSSR count). The lowest BCUT2D eigenvalue weighted by molar-refractivity contribution is -0.117. The Morgan fingerprint density at radius 2 is 2.04 bits per heavy atom. The Bertz CT molecular complexity index is 763. The number of hydrogen-bond donors (Lipinski definition) is 1. The van der Waals surface area contributed by atoms with Crippen LogP contribution in [0.3, 0.4) is 0 Å². The zero-order valence-corrected chi connectivity index (χ0v) is 14.0. The normalized spacial score (nSPS) is 17.2. The summed E-state index contributed by atoms with van der Waals surface area (Å²) in [4.78, 5) is 34.3. The number of halogens is 1. The first-order chi connectivity index (χ1) is 11.6. The quantitative estimate of drug-likeness (QED) is 0.922. The van der Waals surface area contributed by atoms with E-state index in [-0.39, 0.29) is 24.3 Å². The van der Waals surface area contributed by atoms with Crippen molar-refractivity contribution in [3.63, 3.8) is 0 Å². The van der Waals surface area contributed by atoms with Crippen LogP contribution in [0.25, 0.3) is 0 Å². The second kappa shape index (κ2) is 6.97. The van der Waals surface area contributed by atoms with Gasteiger partial charge in [-0.05, 0) is 12.1 Å². The third-order valence-corrected chi connectivity index (χ3v) is 4.21. The summed E-state index contributed by atoms with van der Waals surface area (Å²) in [6.07, 6.45) is 3.96. The van der Waals surface area contributed by atoms with E-state index < -0.39 is 0 Å². The fourth-order valence-corrected chi connectivity index (χ4v) is 2.87. The van der Waals surface area contributed by atoms with Gasteiger partial charge in [-0.1, -0.05) is 30.7 Å². The standard InChI is InChI=1S/C17H17ClN4O2/c1-2-15-19-8-11(9-20-15)17(24)21-12-7-16(23)22(10-12)14-6-4-3-5-13(14)18/h3-6,8-9,12H,2,7,10H2,1H3,(H,21,24)/t12-/m0/s1. The average molecular weight is 345 g/mol. The minimum atomic E-state index is -0.281. The zero-order chi connectivity index (χ0) is 17.1. The molecule has 7 heteroatoms. The van der Waals surface area contributed by atoms with Crippen LogP contribution in [0, 0.1) is 0 Å². The summed E-state index contributed by atoms with van der Waals surface area (Å²) >= 11 is 6.15. The van der Waals surface area contributed by atoms with Crippen LogP contribution in [0.5, 0.6) is 0 Å². The van der Waals surface area contributed by atoms with Gasteiger partial charge in [0.1, 0.15) is 5.82 Å². The number of benzene rings is 1. The molecule has 1 fully saturated rings. The summed E-state index contributed by atoms with van der Waals surface area (Å²) in [6.45, 7) is 2.34. The van der Waals surface area contributed by atoms with Gasteiger partial charge in [0.2, 0.25) is 5.91 Å². The number of carbonyl (C=O) groups is 2. The number of anilines is 1. The van der Waals surface area contributed by atoms with Gasteiger partial charge in [-0.15, -0.1) is 0 Å². The van der Waals surface area contributed by atoms with Crippen LogP contribution in [0.4, 0.5) is 5.69 Å². The van der Waals surface area contributed by atoms with Gasteiger partial charge in [0.15, 0.2) is 0 Å². The number of nitrogens with zero attached hydrogens (tertiary/aromatic N) is 3. The second-order valence-electron chi connectivity index (χ2n) is 5.57. The largest absolute Gasteiger partial charge is 0.347 e. The number of nitrogens with one attached hydrogen (secondary N) is 1. The van der Waals surface area contributed by atoms with Crippen LogP contribution in [-0.4, -0.2) is 34.4 Å². The first-order valence-corrected chi connectivity index (χ1v) is 8.13. The van der Waals surface area contributed by atoms with Gasteiger partial charge in [-0.3, -0.25) is 9.59 Å². The molecule has 1 aliphatic rings. The van der Waals surface area contributed by atoms with Crippen LogP contribution in [-0.2, 0) is 11.2 Å². The van der Waals surface area contributed by atoms with Crippen LogP contribution < -0.4 is 10.2 Å². The molecule has 1 aromatic carbocycles. The van der Waals surface area contributed by atoms with Crippen molar-refractivity contribution < 1.29 is 9.59 Å². The molecule has 1 aromatic heterocycles. The summed E-state index contributed by atoms with van der Waals surface area (Å²) < 4.78 is 0. The lowest BCUT2D eigenvalue weighted by atomic mass is 10.2. The fraction of sp³-hybridized carbons (Fsp3) is 0.294. The third-order valence-electron chi connectivity index (χ3n) is 3.89. The molecule has 124 valence electrons. The summed E-state index contributed by atoms with van der Waals surface area (Å²) in [7, 11) is 0. The molecular formula is C17H17ClN4O2. The number of carbonyl (C=O) groups excluding carboxylic acids is 2. The van der Waals surface area contributed by atoms with Gasteiger partial charge in [0, 0.05) is 31.8 Å². The molecule has 1 saturated heterocycles. The topological polar surface area (TPSA) is 75.2 Å². The van der Waals surface area contributed by atoms with Gasteiger partial charge in [0.25, 0.3) is 5.91 Å². The van der Waals surface area contributed by atoms with E-state index in [9.17, 15) is 9.59 Å². The SMILES string of the molecule is CCc1ncc(C(=O)N[C@H]2CC(=O)N(c3ccccc3Cl)C2)cn1. The van der Waals surface area contributed by atoms with Crippen molar-refractivity contribution in [3.8, 4) is 0 Å². The highest BCUT2D eigenvalue weighted by atomic mass is 35.5. The molecule has 1 N–H and O–H groups in total. The number of aromatic nitrogens is 2. The molecule has 0 saturated carbocycles. The number of amides is 2. The number of hydrogen-bond acceptors (Lipinski definition) is 4.